The number of hydrogen-bond acceptors (Lipinski definition) is 8. The Kier molecular flexibility index (Phi) is 9.31. The SMILES string of the molecule is COCOC(COC(C)=O)C(COC(C)=O)OC(C)=O. The lowest BCUT2D eigenvalue weighted by atomic mass is 10.2. The monoisotopic (exact) mass is 292 g/mol. The van der Waals surface area contributed by atoms with Gasteiger partial charge in [0, 0.05) is 27.9 Å². The van der Waals surface area contributed by atoms with Crippen molar-refractivity contribution in [3.8, 4) is 0 Å². The van der Waals surface area contributed by atoms with E-state index in [2.05, 4.69) is 0 Å². The van der Waals surface area contributed by atoms with Gasteiger partial charge in [-0.2, -0.15) is 0 Å². The second-order valence-electron chi connectivity index (χ2n) is 3.86. The average Bonchev–Trinajstić information content (AvgIpc) is 2.34. The molecule has 0 N–H and O–H groups in total. The molecule has 0 fully saturated rings. The largest absolute Gasteiger partial charge is 0.463 e. The van der Waals surface area contributed by atoms with Gasteiger partial charge in [0.1, 0.15) is 26.1 Å². The Morgan fingerprint density at radius 2 is 1.35 bits per heavy atom. The standard InChI is InChI=1S/C12H20O8/c1-8(13)17-5-11(19-7-16-4)12(20-10(3)15)6-18-9(2)14/h11-12H,5-7H2,1-4H3. The van der Waals surface area contributed by atoms with E-state index in [4.69, 9.17) is 23.7 Å². The summed E-state index contributed by atoms with van der Waals surface area (Å²) in [6.45, 7) is 3.22. The van der Waals surface area contributed by atoms with Crippen LogP contribution in [0.5, 0.6) is 0 Å². The van der Waals surface area contributed by atoms with Crippen molar-refractivity contribution in [2.75, 3.05) is 27.1 Å². The van der Waals surface area contributed by atoms with Gasteiger partial charge in [0.25, 0.3) is 0 Å². The molecule has 0 radical (unpaired) electrons. The highest BCUT2D eigenvalue weighted by atomic mass is 16.7. The third kappa shape index (κ3) is 9.29. The molecule has 0 spiro atoms. The van der Waals surface area contributed by atoms with Crippen molar-refractivity contribution in [1.82, 2.24) is 0 Å². The van der Waals surface area contributed by atoms with Crippen LogP contribution in [0, 0.1) is 0 Å². The molecule has 0 amide bonds. The molecular weight excluding hydrogens is 272 g/mol. The molecule has 0 bridgehead atoms. The van der Waals surface area contributed by atoms with E-state index in [1.165, 1.54) is 27.9 Å². The summed E-state index contributed by atoms with van der Waals surface area (Å²) < 4.78 is 24.6. The van der Waals surface area contributed by atoms with Crippen LogP contribution in [0.4, 0.5) is 0 Å². The Balaban J connectivity index is 4.69. The average molecular weight is 292 g/mol. The Morgan fingerprint density at radius 3 is 1.75 bits per heavy atom. The second-order valence-corrected chi connectivity index (χ2v) is 3.86. The van der Waals surface area contributed by atoms with E-state index in [1.807, 2.05) is 0 Å². The number of carbonyl (C=O) groups excluding carboxylic acids is 3. The van der Waals surface area contributed by atoms with Crippen molar-refractivity contribution in [3.05, 3.63) is 0 Å². The van der Waals surface area contributed by atoms with Gasteiger partial charge in [-0.1, -0.05) is 0 Å². The number of esters is 3. The molecule has 8 heteroatoms. The van der Waals surface area contributed by atoms with E-state index >= 15 is 0 Å². The third-order valence-corrected chi connectivity index (χ3v) is 2.03. The van der Waals surface area contributed by atoms with Gasteiger partial charge in [-0.25, -0.2) is 0 Å². The molecule has 0 heterocycles. The second kappa shape index (κ2) is 10.2. The summed E-state index contributed by atoms with van der Waals surface area (Å²) in [4.78, 5) is 32.7. The first-order valence-electron chi connectivity index (χ1n) is 5.91. The minimum atomic E-state index is -0.897. The maximum Gasteiger partial charge on any atom is 0.303 e. The summed E-state index contributed by atoms with van der Waals surface area (Å²) in [5.74, 6) is -1.61. The van der Waals surface area contributed by atoms with E-state index in [1.54, 1.807) is 0 Å². The fraction of sp³-hybridized carbons (Fsp3) is 0.750. The van der Waals surface area contributed by atoms with Crippen LogP contribution in [0.2, 0.25) is 0 Å². The molecule has 116 valence electrons. The summed E-state index contributed by atoms with van der Waals surface area (Å²) in [7, 11) is 1.41. The molecule has 0 saturated carbocycles. The van der Waals surface area contributed by atoms with Crippen LogP contribution in [0.15, 0.2) is 0 Å². The highest BCUT2D eigenvalue weighted by Gasteiger charge is 2.28. The first-order valence-corrected chi connectivity index (χ1v) is 5.91. The number of hydrogen-bond donors (Lipinski definition) is 0. The van der Waals surface area contributed by atoms with Crippen LogP contribution in [-0.4, -0.2) is 57.2 Å². The molecule has 8 nitrogen and oxygen atoms in total. The molecule has 0 aliphatic heterocycles. The predicted octanol–water partition coefficient (Wildman–Crippen LogP) is 0.0334. The molecule has 0 aromatic carbocycles. The Morgan fingerprint density at radius 1 is 0.850 bits per heavy atom. The van der Waals surface area contributed by atoms with Crippen molar-refractivity contribution >= 4 is 17.9 Å². The molecule has 0 aromatic rings. The number of carbonyl (C=O) groups is 3. The van der Waals surface area contributed by atoms with Crippen molar-refractivity contribution in [2.45, 2.75) is 33.0 Å². The Bertz CT molecular complexity index is 327. The fourth-order valence-corrected chi connectivity index (χ4v) is 1.25. The van der Waals surface area contributed by atoms with Gasteiger partial charge in [0.2, 0.25) is 0 Å². The molecule has 0 aliphatic carbocycles. The predicted molar refractivity (Wildman–Crippen MR) is 65.6 cm³/mol. The first kappa shape index (κ1) is 18.3. The minimum absolute atomic E-state index is 0.0935. The van der Waals surface area contributed by atoms with Gasteiger partial charge in [-0.15, -0.1) is 0 Å². The van der Waals surface area contributed by atoms with Crippen LogP contribution in [-0.2, 0) is 38.1 Å². The first-order chi connectivity index (χ1) is 9.36. The van der Waals surface area contributed by atoms with Crippen LogP contribution in [0.25, 0.3) is 0 Å². The van der Waals surface area contributed by atoms with Crippen LogP contribution >= 0.6 is 0 Å². The van der Waals surface area contributed by atoms with Crippen molar-refractivity contribution < 1.29 is 38.1 Å². The minimum Gasteiger partial charge on any atom is -0.463 e. The van der Waals surface area contributed by atoms with Crippen LogP contribution < -0.4 is 0 Å². The van der Waals surface area contributed by atoms with Gasteiger partial charge in [-0.05, 0) is 0 Å². The lowest BCUT2D eigenvalue weighted by molar-refractivity contribution is -0.183. The summed E-state index contributed by atoms with van der Waals surface area (Å²) in [6.07, 6.45) is -1.70. The van der Waals surface area contributed by atoms with Gasteiger partial charge in [0.15, 0.2) is 6.10 Å². The molecule has 0 aliphatic rings. The highest BCUT2D eigenvalue weighted by molar-refractivity contribution is 5.67. The lowest BCUT2D eigenvalue weighted by Crippen LogP contribution is -2.41. The van der Waals surface area contributed by atoms with E-state index in [-0.39, 0.29) is 20.0 Å². The zero-order chi connectivity index (χ0) is 15.5. The maximum absolute atomic E-state index is 11.1. The summed E-state index contributed by atoms with van der Waals surface area (Å²) in [5, 5.41) is 0. The smallest absolute Gasteiger partial charge is 0.303 e. The number of ether oxygens (including phenoxy) is 5. The highest BCUT2D eigenvalue weighted by Crippen LogP contribution is 2.08. The zero-order valence-corrected chi connectivity index (χ0v) is 12.0. The third-order valence-electron chi connectivity index (χ3n) is 2.03. The van der Waals surface area contributed by atoms with E-state index < -0.39 is 30.1 Å². The van der Waals surface area contributed by atoms with Crippen LogP contribution in [0.1, 0.15) is 20.8 Å². The van der Waals surface area contributed by atoms with Gasteiger partial charge < -0.3 is 23.7 Å². The molecule has 0 aromatic heterocycles. The molecular formula is C12H20O8. The molecule has 2 unspecified atom stereocenters. The number of methoxy groups -OCH3 is 1. The normalized spacial score (nSPS) is 13.2. The summed E-state index contributed by atoms with van der Waals surface area (Å²) in [6, 6.07) is 0. The van der Waals surface area contributed by atoms with Gasteiger partial charge in [-0.3, -0.25) is 14.4 Å². The molecule has 20 heavy (non-hydrogen) atoms. The molecule has 0 saturated heterocycles. The Hall–Kier alpha value is -1.67. The van der Waals surface area contributed by atoms with Crippen molar-refractivity contribution in [1.29, 1.82) is 0 Å². The van der Waals surface area contributed by atoms with Crippen molar-refractivity contribution in [2.24, 2.45) is 0 Å². The Labute approximate surface area is 117 Å². The molecule has 0 rings (SSSR count). The fourth-order valence-electron chi connectivity index (χ4n) is 1.25. The lowest BCUT2D eigenvalue weighted by Gasteiger charge is -2.25. The zero-order valence-electron chi connectivity index (χ0n) is 12.0. The van der Waals surface area contributed by atoms with Gasteiger partial charge in [0.05, 0.1) is 0 Å². The maximum atomic E-state index is 11.1. The quantitative estimate of drug-likeness (QED) is 0.333. The topological polar surface area (TPSA) is 97.4 Å². The molecule has 2 atom stereocenters. The summed E-state index contributed by atoms with van der Waals surface area (Å²) >= 11 is 0. The van der Waals surface area contributed by atoms with E-state index in [0.29, 0.717) is 0 Å². The number of rotatable bonds is 9. The van der Waals surface area contributed by atoms with Crippen molar-refractivity contribution in [3.63, 3.8) is 0 Å². The van der Waals surface area contributed by atoms with E-state index in [0.717, 1.165) is 0 Å². The van der Waals surface area contributed by atoms with Crippen LogP contribution in [0.3, 0.4) is 0 Å². The summed E-state index contributed by atoms with van der Waals surface area (Å²) in [5.41, 5.74) is 0. The van der Waals surface area contributed by atoms with E-state index in [9.17, 15) is 14.4 Å². The van der Waals surface area contributed by atoms with Gasteiger partial charge >= 0.3 is 17.9 Å².